The Hall–Kier alpha value is -2.53. The molecule has 0 radical (unpaired) electrons. The number of amides is 1. The van der Waals surface area contributed by atoms with Gasteiger partial charge in [0.1, 0.15) is 11.6 Å². The lowest BCUT2D eigenvalue weighted by molar-refractivity contribution is -0.120. The quantitative estimate of drug-likeness (QED) is 0.581. The zero-order valence-corrected chi connectivity index (χ0v) is 18.9. The van der Waals surface area contributed by atoms with Crippen molar-refractivity contribution in [2.75, 3.05) is 32.1 Å². The van der Waals surface area contributed by atoms with Crippen LogP contribution in [0.15, 0.2) is 36.4 Å². The molecule has 166 valence electrons. The number of benzene rings is 2. The van der Waals surface area contributed by atoms with Gasteiger partial charge in [-0.1, -0.05) is 18.2 Å². The summed E-state index contributed by atoms with van der Waals surface area (Å²) in [6.07, 6.45) is 6.95. The van der Waals surface area contributed by atoms with Gasteiger partial charge in [-0.05, 0) is 93.6 Å². The largest absolute Gasteiger partial charge is 0.312 e. The third kappa shape index (κ3) is 6.01. The summed E-state index contributed by atoms with van der Waals surface area (Å²) in [7, 11) is 4.12. The van der Waals surface area contributed by atoms with E-state index >= 15 is 0 Å². The van der Waals surface area contributed by atoms with Crippen LogP contribution in [0, 0.1) is 31.4 Å². The van der Waals surface area contributed by atoms with Gasteiger partial charge in [0.2, 0.25) is 5.91 Å². The number of hydrogen-bond acceptors (Lipinski definition) is 2. The van der Waals surface area contributed by atoms with Crippen LogP contribution in [0.4, 0.5) is 14.5 Å². The van der Waals surface area contributed by atoms with E-state index in [4.69, 9.17) is 0 Å². The second-order valence-corrected chi connectivity index (χ2v) is 8.85. The summed E-state index contributed by atoms with van der Waals surface area (Å²) in [6.45, 7) is 5.63. The van der Waals surface area contributed by atoms with Crippen LogP contribution in [0.1, 0.15) is 41.5 Å². The van der Waals surface area contributed by atoms with Gasteiger partial charge in [0.15, 0.2) is 0 Å². The van der Waals surface area contributed by atoms with Crippen LogP contribution in [0.25, 0.3) is 6.08 Å². The molecule has 5 heteroatoms. The average Bonchev–Trinajstić information content (AvgIpc) is 2.69. The van der Waals surface area contributed by atoms with Crippen molar-refractivity contribution in [1.29, 1.82) is 0 Å². The molecular weight excluding hydrogens is 394 g/mol. The number of piperidine rings is 1. The number of hydrogen-bond donors (Lipinski definition) is 0. The molecule has 3 rings (SSSR count). The molecule has 1 unspecified atom stereocenters. The lowest BCUT2D eigenvalue weighted by Gasteiger charge is -2.35. The molecule has 0 saturated carbocycles. The Bertz CT molecular complexity index is 945. The van der Waals surface area contributed by atoms with Crippen LogP contribution in [0.3, 0.4) is 0 Å². The standard InChI is InChI=1S/C26H32F2N2O/c1-18-13-20(7-5-6-12-29(3)4)14-19(2)26(18)30-17-21(8-11-25(30)31)15-22-9-10-23(27)16-24(22)28/h5,7,9-10,13-14,16,21H,6,8,11-12,15,17H2,1-4H3. The Morgan fingerprint density at radius 2 is 1.84 bits per heavy atom. The monoisotopic (exact) mass is 426 g/mol. The molecule has 31 heavy (non-hydrogen) atoms. The highest BCUT2D eigenvalue weighted by molar-refractivity contribution is 5.96. The predicted molar refractivity (Wildman–Crippen MR) is 123 cm³/mol. The smallest absolute Gasteiger partial charge is 0.227 e. The van der Waals surface area contributed by atoms with Gasteiger partial charge in [0, 0.05) is 31.3 Å². The van der Waals surface area contributed by atoms with Gasteiger partial charge in [-0.15, -0.1) is 0 Å². The minimum atomic E-state index is -0.566. The van der Waals surface area contributed by atoms with Gasteiger partial charge in [-0.25, -0.2) is 8.78 Å². The molecule has 0 bridgehead atoms. The highest BCUT2D eigenvalue weighted by Crippen LogP contribution is 2.32. The van der Waals surface area contributed by atoms with Crippen molar-refractivity contribution in [2.45, 2.75) is 39.5 Å². The fourth-order valence-corrected chi connectivity index (χ4v) is 4.36. The maximum atomic E-state index is 14.1. The Kier molecular flexibility index (Phi) is 7.60. The molecule has 1 amide bonds. The number of nitrogens with zero attached hydrogens (tertiary/aromatic N) is 2. The minimum absolute atomic E-state index is 0.108. The van der Waals surface area contributed by atoms with E-state index in [9.17, 15) is 13.6 Å². The first kappa shape index (κ1) is 23.1. The molecule has 0 aliphatic carbocycles. The Morgan fingerprint density at radius 1 is 1.13 bits per heavy atom. The molecule has 1 aliphatic rings. The Labute approximate surface area is 184 Å². The zero-order chi connectivity index (χ0) is 22.5. The molecular formula is C26H32F2N2O. The van der Waals surface area contributed by atoms with Gasteiger partial charge in [-0.3, -0.25) is 4.79 Å². The van der Waals surface area contributed by atoms with Crippen LogP contribution < -0.4 is 4.90 Å². The van der Waals surface area contributed by atoms with Crippen molar-refractivity contribution in [3.05, 3.63) is 70.3 Å². The number of halogens is 2. The zero-order valence-electron chi connectivity index (χ0n) is 18.9. The molecule has 1 heterocycles. The van der Waals surface area contributed by atoms with Gasteiger partial charge in [-0.2, -0.15) is 0 Å². The van der Waals surface area contributed by atoms with E-state index in [0.29, 0.717) is 24.9 Å². The minimum Gasteiger partial charge on any atom is -0.312 e. The predicted octanol–water partition coefficient (Wildman–Crippen LogP) is 5.53. The average molecular weight is 427 g/mol. The first-order chi connectivity index (χ1) is 14.7. The second kappa shape index (κ2) is 10.2. The molecule has 1 fully saturated rings. The van der Waals surface area contributed by atoms with E-state index in [-0.39, 0.29) is 11.8 Å². The molecule has 0 aromatic heterocycles. The van der Waals surface area contributed by atoms with Gasteiger partial charge in [0.05, 0.1) is 0 Å². The van der Waals surface area contributed by atoms with Crippen molar-refractivity contribution < 1.29 is 13.6 Å². The Morgan fingerprint density at radius 3 is 2.48 bits per heavy atom. The summed E-state index contributed by atoms with van der Waals surface area (Å²) in [6, 6.07) is 7.97. The number of rotatable bonds is 7. The summed E-state index contributed by atoms with van der Waals surface area (Å²) in [5.41, 5.74) is 4.72. The maximum absolute atomic E-state index is 14.1. The summed E-state index contributed by atoms with van der Waals surface area (Å²) in [4.78, 5) is 16.8. The molecule has 3 nitrogen and oxygen atoms in total. The van der Waals surface area contributed by atoms with Crippen molar-refractivity contribution >= 4 is 17.7 Å². The normalized spacial score (nSPS) is 17.2. The van der Waals surface area contributed by atoms with E-state index in [1.165, 1.54) is 12.1 Å². The Balaban J connectivity index is 1.76. The third-order valence-electron chi connectivity index (χ3n) is 5.87. The molecule has 2 aromatic carbocycles. The topological polar surface area (TPSA) is 23.6 Å². The molecule has 0 spiro atoms. The fraction of sp³-hybridized carbons (Fsp3) is 0.423. The van der Waals surface area contributed by atoms with Crippen molar-refractivity contribution in [2.24, 2.45) is 5.92 Å². The lowest BCUT2D eigenvalue weighted by atomic mass is 9.89. The first-order valence-electron chi connectivity index (χ1n) is 10.9. The lowest BCUT2D eigenvalue weighted by Crippen LogP contribution is -2.41. The SMILES string of the molecule is Cc1cc(C=CCCN(C)C)cc(C)c1N1CC(Cc2ccc(F)cc2F)CCC1=O. The van der Waals surface area contributed by atoms with E-state index in [1.54, 1.807) is 0 Å². The molecule has 1 atom stereocenters. The number of carbonyl (C=O) groups is 1. The van der Waals surface area contributed by atoms with Crippen LogP contribution in [-0.4, -0.2) is 38.0 Å². The van der Waals surface area contributed by atoms with E-state index in [1.807, 2.05) is 18.7 Å². The molecule has 0 N–H and O–H groups in total. The maximum Gasteiger partial charge on any atom is 0.227 e. The fourth-order valence-electron chi connectivity index (χ4n) is 4.36. The van der Waals surface area contributed by atoms with Crippen LogP contribution >= 0.6 is 0 Å². The summed E-state index contributed by atoms with van der Waals surface area (Å²) < 4.78 is 27.3. The molecule has 1 aliphatic heterocycles. The van der Waals surface area contributed by atoms with Gasteiger partial charge >= 0.3 is 0 Å². The summed E-state index contributed by atoms with van der Waals surface area (Å²) in [5, 5.41) is 0. The van der Waals surface area contributed by atoms with Crippen LogP contribution in [0.5, 0.6) is 0 Å². The van der Waals surface area contributed by atoms with Crippen LogP contribution in [-0.2, 0) is 11.2 Å². The molecule has 2 aromatic rings. The van der Waals surface area contributed by atoms with Gasteiger partial charge < -0.3 is 9.80 Å². The van der Waals surface area contributed by atoms with E-state index in [0.717, 1.165) is 47.8 Å². The third-order valence-corrected chi connectivity index (χ3v) is 5.87. The van der Waals surface area contributed by atoms with E-state index < -0.39 is 11.6 Å². The van der Waals surface area contributed by atoms with Crippen molar-refractivity contribution in [1.82, 2.24) is 4.90 Å². The number of anilines is 1. The highest BCUT2D eigenvalue weighted by atomic mass is 19.1. The highest BCUT2D eigenvalue weighted by Gasteiger charge is 2.29. The second-order valence-electron chi connectivity index (χ2n) is 8.85. The summed E-state index contributed by atoms with van der Waals surface area (Å²) >= 11 is 0. The summed E-state index contributed by atoms with van der Waals surface area (Å²) in [5.74, 6) is -0.830. The van der Waals surface area contributed by atoms with Crippen molar-refractivity contribution in [3.8, 4) is 0 Å². The van der Waals surface area contributed by atoms with Crippen molar-refractivity contribution in [3.63, 3.8) is 0 Å². The first-order valence-corrected chi connectivity index (χ1v) is 10.9. The number of aryl methyl sites for hydroxylation is 2. The van der Waals surface area contributed by atoms with E-state index in [2.05, 4.69) is 43.3 Å². The molecule has 1 saturated heterocycles. The van der Waals surface area contributed by atoms with Gasteiger partial charge in [0.25, 0.3) is 0 Å². The van der Waals surface area contributed by atoms with Crippen LogP contribution in [0.2, 0.25) is 0 Å². The number of carbonyl (C=O) groups excluding carboxylic acids is 1.